The van der Waals surface area contributed by atoms with Gasteiger partial charge in [0.2, 0.25) is 0 Å². The minimum absolute atomic E-state index is 0.250. The fourth-order valence-electron chi connectivity index (χ4n) is 5.98. The summed E-state index contributed by atoms with van der Waals surface area (Å²) >= 11 is 0. The molecule has 0 aromatic heterocycles. The summed E-state index contributed by atoms with van der Waals surface area (Å²) in [7, 11) is -6.99. The number of epoxide rings is 1. The number of rotatable bonds is 33. The smallest absolute Gasteiger partial charge is 0.379 e. The minimum Gasteiger partial charge on any atom is -0.379 e. The summed E-state index contributed by atoms with van der Waals surface area (Å²) in [4.78, 5) is 0. The van der Waals surface area contributed by atoms with Gasteiger partial charge in [-0.25, -0.2) is 4.11 Å². The van der Waals surface area contributed by atoms with Gasteiger partial charge in [-0.2, -0.15) is 70.2 Å². The van der Waals surface area contributed by atoms with Crippen LogP contribution >= 0.6 is 0 Å². The van der Waals surface area contributed by atoms with Crippen molar-refractivity contribution < 1.29 is 137 Å². The molecule has 1 aromatic rings. The van der Waals surface area contributed by atoms with Crippen LogP contribution in [0.3, 0.4) is 0 Å². The molecule has 0 saturated carbocycles. The van der Waals surface area contributed by atoms with Gasteiger partial charge in [-0.15, -0.1) is 0 Å². The predicted octanol–water partition coefficient (Wildman–Crippen LogP) is 23.7. The van der Waals surface area contributed by atoms with Crippen LogP contribution in [0.4, 0.5) is 74.4 Å². The van der Waals surface area contributed by atoms with E-state index >= 15 is 0 Å². The first-order chi connectivity index (χ1) is 48.1. The van der Waals surface area contributed by atoms with Crippen molar-refractivity contribution in [2.75, 3.05) is 104 Å². The molecule has 0 amide bonds. The van der Waals surface area contributed by atoms with Gasteiger partial charge in [0.05, 0.1) is 13.2 Å². The molecule has 1 aliphatic heterocycles. The van der Waals surface area contributed by atoms with Crippen LogP contribution in [0.15, 0.2) is 30.3 Å². The van der Waals surface area contributed by atoms with Gasteiger partial charge in [0.1, 0.15) is 6.10 Å². The Morgan fingerprint density at radius 2 is 0.642 bits per heavy atom. The zero-order valence-corrected chi connectivity index (χ0v) is 85.0. The van der Waals surface area contributed by atoms with Crippen molar-refractivity contribution in [2.24, 2.45) is 0 Å². The summed E-state index contributed by atoms with van der Waals surface area (Å²) in [5.41, 5.74) is 0. The maximum atomic E-state index is 13.6. The molecule has 1 saturated heterocycles. The molecular formula is C67H151F17O14Si11. The molecule has 0 bridgehead atoms. The van der Waals surface area contributed by atoms with Crippen molar-refractivity contribution in [2.45, 2.75) is 296 Å². The Hall–Kier alpha value is -0.144. The van der Waals surface area contributed by atoms with Gasteiger partial charge in [0.25, 0.3) is 0 Å². The van der Waals surface area contributed by atoms with Crippen LogP contribution in [0.5, 0.6) is 0 Å². The van der Waals surface area contributed by atoms with E-state index in [0.29, 0.717) is 6.10 Å². The SMILES string of the molecule is CCO[Si](F)(OCC)OCC.CO[Si](CCC(F)(F)C(F)(F)C(F)(F)C(F)(F)C(F)(F)C(F)(F)F)(OC)OC.CO[Si](CCC(F)(F)F)(OC)OC.CO[Si](OC)(OC)c1ccccc1.C[Si](C)(C)C.C[Si](C)(C)C.C[Si](C)(C)C.C[Si](C)(C)C.C[Si](C)(C)C.C[Si](C)(C)C.C[Si](C)(C)CCCCCOCC1CO1. The lowest BCUT2D eigenvalue weighted by Gasteiger charge is -2.40. The van der Waals surface area contributed by atoms with E-state index in [2.05, 4.69) is 190 Å². The molecular weight excluding hydrogens is 1660 g/mol. The van der Waals surface area contributed by atoms with E-state index in [9.17, 15) is 74.4 Å². The van der Waals surface area contributed by atoms with Crippen molar-refractivity contribution in [1.29, 1.82) is 0 Å². The summed E-state index contributed by atoms with van der Waals surface area (Å²) in [6, 6.07) is 9.53. The third kappa shape index (κ3) is 76.3. The molecule has 0 N–H and O–H groups in total. The highest BCUT2D eigenvalue weighted by Crippen LogP contribution is 2.61. The van der Waals surface area contributed by atoms with Crippen molar-refractivity contribution in [3.63, 3.8) is 0 Å². The molecule has 666 valence electrons. The van der Waals surface area contributed by atoms with Crippen LogP contribution < -0.4 is 5.19 Å². The fourth-order valence-corrected chi connectivity index (χ4v) is 13.8. The lowest BCUT2D eigenvalue weighted by Crippen LogP contribution is -2.70. The zero-order chi connectivity index (χ0) is 89.5. The number of hydrogen-bond donors (Lipinski definition) is 0. The quantitative estimate of drug-likeness (QED) is 0.0217. The third-order valence-corrected chi connectivity index (χ3v) is 22.5. The Kier molecular flexibility index (Phi) is 66.5. The lowest BCUT2D eigenvalue weighted by atomic mass is 9.93. The highest BCUT2D eigenvalue weighted by atomic mass is 28.4. The van der Waals surface area contributed by atoms with E-state index in [1.54, 1.807) is 42.1 Å². The second-order valence-corrected chi connectivity index (χ2v) is 88.0. The molecule has 2 rings (SSSR count). The van der Waals surface area contributed by atoms with Gasteiger partial charge < -0.3 is 62.6 Å². The molecule has 0 aliphatic carbocycles. The van der Waals surface area contributed by atoms with Gasteiger partial charge in [-0.3, -0.25) is 0 Å². The van der Waals surface area contributed by atoms with Crippen LogP contribution in [0, 0.1) is 0 Å². The Bertz CT molecular complexity index is 2150. The van der Waals surface area contributed by atoms with Gasteiger partial charge in [0, 0.05) is 177 Å². The van der Waals surface area contributed by atoms with Crippen LogP contribution in [0.1, 0.15) is 52.9 Å². The van der Waals surface area contributed by atoms with E-state index in [4.69, 9.17) is 49.3 Å². The summed E-state index contributed by atoms with van der Waals surface area (Å²) < 4.78 is 286. The maximum Gasteiger partial charge on any atom is 0.720 e. The van der Waals surface area contributed by atoms with E-state index < -0.39 is 153 Å². The van der Waals surface area contributed by atoms with E-state index in [1.165, 1.54) is 46.6 Å². The molecule has 1 aliphatic rings. The third-order valence-electron chi connectivity index (χ3n) is 10.6. The zero-order valence-electron chi connectivity index (χ0n) is 74.0. The molecule has 0 radical (unpaired) electrons. The largest absolute Gasteiger partial charge is 0.720 e. The van der Waals surface area contributed by atoms with Gasteiger partial charge in [-0.1, -0.05) is 226 Å². The van der Waals surface area contributed by atoms with Crippen molar-refractivity contribution >= 4 is 97.3 Å². The maximum absolute atomic E-state index is 13.6. The molecule has 1 heterocycles. The van der Waals surface area contributed by atoms with Gasteiger partial charge in [-0.05, 0) is 27.2 Å². The number of hydrogen-bond acceptors (Lipinski definition) is 14. The molecule has 42 heteroatoms. The minimum atomic E-state index is -7.91. The highest BCUT2D eigenvalue weighted by molar-refractivity contribution is 6.77. The van der Waals surface area contributed by atoms with E-state index in [1.807, 2.05) is 30.3 Å². The monoisotopic (exact) mass is 1810 g/mol. The molecule has 109 heavy (non-hydrogen) atoms. The molecule has 1 atom stereocenters. The van der Waals surface area contributed by atoms with Crippen LogP contribution in [-0.4, -0.2) is 244 Å². The van der Waals surface area contributed by atoms with Crippen molar-refractivity contribution in [3.05, 3.63) is 30.3 Å². The number of ether oxygens (including phenoxy) is 2. The number of benzene rings is 1. The number of alkyl halides is 16. The second kappa shape index (κ2) is 57.1. The summed E-state index contributed by atoms with van der Waals surface area (Å²) in [5.74, 6) is -37.0. The molecule has 1 aromatic carbocycles. The Balaban J connectivity index is -0.000000153. The average Bonchev–Trinajstić information content (AvgIpc) is 1.14. The van der Waals surface area contributed by atoms with Crippen molar-refractivity contribution in [1.82, 2.24) is 0 Å². The average molecular weight is 1810 g/mol. The number of unbranched alkanes of at least 4 members (excludes halogenated alkanes) is 2. The lowest BCUT2D eigenvalue weighted by molar-refractivity contribution is -0.440. The Morgan fingerprint density at radius 1 is 0.367 bits per heavy atom. The van der Waals surface area contributed by atoms with Gasteiger partial charge >= 0.3 is 77.5 Å². The first kappa shape index (κ1) is 127. The standard InChI is InChI=1S/C11H13F13O3Si.C11H24O2Si.C9H14O3Si.C6H13F3O3Si.C6H15FO3Si.6C4H12Si/c1-25-28(26-2,27-3)5-4-6(12,13)7(14,15)8(16,17)9(18,19)10(20,21)11(22,23)24;1-14(2,3)8-6-4-5-7-12-9-11-10-13-11;1-10-13(11-2,12-3)9-7-5-4-6-8-9;1-10-13(11-2,12-3)5-4-6(7,8)9;1-4-8-11(7,9-5-2)10-6-3;6*1-5(2,3)4/h4-5H2,1-3H3;11H,4-10H2,1-3H3;4-8H,1-3H3;4-5H2,1-3H3;4-6H2,1-3H3;6*1-4H3. The molecule has 1 unspecified atom stereocenters. The van der Waals surface area contributed by atoms with Crippen molar-refractivity contribution in [3.8, 4) is 0 Å². The molecule has 1 fully saturated rings. The van der Waals surface area contributed by atoms with Crippen LogP contribution in [0.25, 0.3) is 0 Å². The van der Waals surface area contributed by atoms with Gasteiger partial charge in [0.15, 0.2) is 0 Å². The number of halogens is 17. The summed E-state index contributed by atoms with van der Waals surface area (Å²) in [6.45, 7) is 71.8. The predicted molar refractivity (Wildman–Crippen MR) is 442 cm³/mol. The van der Waals surface area contributed by atoms with Crippen LogP contribution in [0.2, 0.25) is 195 Å². The van der Waals surface area contributed by atoms with E-state index in [0.717, 1.165) is 46.3 Å². The molecule has 0 spiro atoms. The fraction of sp³-hybridized carbons (Fsp3) is 0.910. The van der Waals surface area contributed by atoms with Crippen LogP contribution in [-0.2, 0) is 62.6 Å². The Labute approximate surface area is 660 Å². The first-order valence-corrected chi connectivity index (χ1v) is 70.8. The second-order valence-electron chi connectivity index (χ2n) is 35.4. The normalized spacial score (nSPS) is 14.3. The topological polar surface area (TPSA) is 133 Å². The Morgan fingerprint density at radius 3 is 0.872 bits per heavy atom. The first-order valence-electron chi connectivity index (χ1n) is 35.9. The summed E-state index contributed by atoms with van der Waals surface area (Å²) in [6.07, 6.45) is -10.6. The van der Waals surface area contributed by atoms with E-state index in [-0.39, 0.29) is 25.9 Å². The summed E-state index contributed by atoms with van der Waals surface area (Å²) in [5, 5.41) is 0.975. The highest BCUT2D eigenvalue weighted by Gasteiger charge is 2.90. The molecule has 14 nitrogen and oxygen atoms in total.